The molecule has 11 rings (SSSR count). The second-order valence-electron chi connectivity index (χ2n) is 28.6. The molecule has 0 saturated carbocycles. The molecule has 0 radical (unpaired) electrons. The molecular formula is C87H83Cl6N3O33. The number of carbonyl (C=O) groups excluding carboxylic acids is 13. The zero-order valence-electron chi connectivity index (χ0n) is 68.0. The van der Waals surface area contributed by atoms with E-state index in [1.165, 1.54) is 176 Å². The summed E-state index contributed by atoms with van der Waals surface area (Å²) in [5.74, 6) is -15.7. The molecular weight excluding hydrogens is 1830 g/mol. The van der Waals surface area contributed by atoms with Crippen LogP contribution in [0, 0.1) is 0 Å². The molecule has 4 fully saturated rings. The van der Waals surface area contributed by atoms with Crippen molar-refractivity contribution in [3.63, 3.8) is 0 Å². The van der Waals surface area contributed by atoms with Crippen LogP contribution in [0.2, 0.25) is 0 Å². The average Bonchev–Trinajstić information content (AvgIpc) is 0.749. The zero-order valence-corrected chi connectivity index (χ0v) is 72.6. The molecule has 0 spiro atoms. The number of ether oxygens (including phenoxy) is 18. The first-order chi connectivity index (χ1) is 61.9. The summed E-state index contributed by atoms with van der Waals surface area (Å²) in [5.41, 5.74) is -0.820. The summed E-state index contributed by atoms with van der Waals surface area (Å²) in [7, 11) is 1.66. The molecule has 129 heavy (non-hydrogen) atoms. The van der Waals surface area contributed by atoms with E-state index in [1.807, 2.05) is 0 Å². The van der Waals surface area contributed by atoms with Gasteiger partial charge in [-0.2, -0.15) is 0 Å². The van der Waals surface area contributed by atoms with Gasteiger partial charge in [-0.05, 0) is 85.3 Å². The number of rotatable bonds is 34. The van der Waals surface area contributed by atoms with Gasteiger partial charge in [-0.1, -0.05) is 209 Å². The molecule has 36 nitrogen and oxygen atoms in total. The minimum atomic E-state index is -3.13. The second kappa shape index (κ2) is 46.5. The number of amides is 3. The van der Waals surface area contributed by atoms with Crippen molar-refractivity contribution in [2.24, 2.45) is 0 Å². The van der Waals surface area contributed by atoms with Gasteiger partial charge in [0.05, 0.1) is 73.8 Å². The standard InChI is InChI=1S/C87H83Cl6N3O33/c1-46(99)39-40-56(100)118-63-65(121-73(103)50-31-17-7-18-32-50)69(123-75(105)52-35-21-9-22-36-52)81(128-67(63)77(107)112-2)126-62-58(96-84(110)87(91,92)93)80(117-55(44-98)60(62)120-72(102)49-29-15-6-16-30-49)127-64-66(122-74(104)51-33-19-8-20-34-51)70(124-76(106)53-37-23-10-24-38-53)82(129-68(64)78(108)113-3)125-61-57(95-83(109)86(88,89)90)79(114-42-41-94-85(111)115-45-47-25-11-4-12-26-47)116-54(43-97)59(61)119-71(101)48-27-13-5-14-28-48/h4-38,54-55,57-70,79-82,97-98H,39-45H2,1-3H3,(H,94,111)(H,95,109)(H,96,110)/t54-,55-,57-,58-,59+,60+,61-,62-,63+,64+,65+,66+,67+,68+,69-,70-,79-,80+,81-,82-/m1/s1. The number of methoxy groups -OCH3 is 2. The molecule has 0 aliphatic carbocycles. The highest BCUT2D eigenvalue weighted by Gasteiger charge is 2.64. The first-order valence-electron chi connectivity index (χ1n) is 39.4. The SMILES string of the molecule is COC(=O)[C@H]1O[C@@H](O[C@@H]2[C@@H](NC(=O)C(Cl)(Cl)Cl)[C@H](O[C@H]3[C@H](OC(=O)c4ccccc4)[C@@H](OC(=O)c4ccccc4)[C@H](O[C@@H]4[C@@H](NC(=O)C(Cl)(Cl)Cl)[C@H](OCCNC(=O)OCc5ccccc5)O[C@H](CO)[C@@H]4OC(=O)c4ccccc4)O[C@@H]3C(=O)OC)O[C@H](CO)[C@@H]2OC(=O)c2ccccc2)[C@H](OC(=O)c2ccccc2)[C@@H](OC(=O)c2ccccc2)[C@@H]1OC(=O)CCC(C)=O. The van der Waals surface area contributed by atoms with Gasteiger partial charge in [-0.3, -0.25) is 14.4 Å². The van der Waals surface area contributed by atoms with Crippen molar-refractivity contribution in [1.82, 2.24) is 16.0 Å². The first kappa shape index (κ1) is 98.6. The number of aliphatic hydroxyl groups is 2. The summed E-state index contributed by atoms with van der Waals surface area (Å²) < 4.78 is 107. The lowest BCUT2D eigenvalue weighted by atomic mass is 9.93. The second-order valence-corrected chi connectivity index (χ2v) is 33.1. The van der Waals surface area contributed by atoms with Crippen molar-refractivity contribution in [3.05, 3.63) is 251 Å². The molecule has 0 bridgehead atoms. The summed E-state index contributed by atoms with van der Waals surface area (Å²) in [6.45, 7) is -2.49. The van der Waals surface area contributed by atoms with Gasteiger partial charge < -0.3 is 116 Å². The topological polar surface area (TPSA) is 465 Å². The maximum absolute atomic E-state index is 15.4. The molecule has 7 aromatic carbocycles. The lowest BCUT2D eigenvalue weighted by Gasteiger charge is -2.51. The fraction of sp³-hybridized carbons (Fsp3) is 0.368. The molecule has 686 valence electrons. The van der Waals surface area contributed by atoms with Crippen LogP contribution >= 0.6 is 69.6 Å². The van der Waals surface area contributed by atoms with Crippen LogP contribution in [0.5, 0.6) is 0 Å². The first-order valence-corrected chi connectivity index (χ1v) is 41.7. The minimum absolute atomic E-state index is 0.156. The van der Waals surface area contributed by atoms with Crippen molar-refractivity contribution in [2.45, 2.75) is 157 Å². The van der Waals surface area contributed by atoms with E-state index in [-0.39, 0.29) is 40.0 Å². The molecule has 4 aliphatic rings. The number of alkyl carbamates (subject to hydrolysis) is 1. The van der Waals surface area contributed by atoms with Crippen LogP contribution < -0.4 is 16.0 Å². The molecule has 5 N–H and O–H groups in total. The number of esters is 9. The highest BCUT2D eigenvalue weighted by molar-refractivity contribution is 6.76. The number of nitrogens with one attached hydrogen (secondary N) is 3. The molecule has 4 saturated heterocycles. The zero-order chi connectivity index (χ0) is 92.6. The number of ketones is 1. The quantitative estimate of drug-likeness (QED) is 0.0112. The van der Waals surface area contributed by atoms with Crippen molar-refractivity contribution in [2.75, 3.05) is 40.6 Å². The lowest BCUT2D eigenvalue weighted by Crippen LogP contribution is -2.72. The van der Waals surface area contributed by atoms with Gasteiger partial charge in [-0.25, -0.2) is 43.2 Å². The van der Waals surface area contributed by atoms with Crippen LogP contribution in [-0.2, 0) is 121 Å². The summed E-state index contributed by atoms with van der Waals surface area (Å²) in [5, 5.41) is 30.7. The number of halogens is 6. The monoisotopic (exact) mass is 1910 g/mol. The Hall–Kier alpha value is -11.0. The van der Waals surface area contributed by atoms with Gasteiger partial charge in [0.1, 0.15) is 55.0 Å². The molecule has 0 unspecified atom stereocenters. The predicted molar refractivity (Wildman–Crippen MR) is 446 cm³/mol. The molecule has 0 aromatic heterocycles. The number of hydrogen-bond donors (Lipinski definition) is 5. The highest BCUT2D eigenvalue weighted by atomic mass is 35.6. The fourth-order valence-electron chi connectivity index (χ4n) is 13.6. The Morgan fingerprint density at radius 3 is 1.03 bits per heavy atom. The molecule has 7 aromatic rings. The molecule has 4 aliphatic heterocycles. The smallest absolute Gasteiger partial charge is 0.407 e. The van der Waals surface area contributed by atoms with E-state index in [1.54, 1.807) is 36.4 Å². The normalized spacial score (nSPS) is 25.5. The minimum Gasteiger partial charge on any atom is -0.467 e. The maximum Gasteiger partial charge on any atom is 0.407 e. The van der Waals surface area contributed by atoms with Crippen molar-refractivity contribution in [1.29, 1.82) is 0 Å². The summed E-state index contributed by atoms with van der Waals surface area (Å²) in [6.07, 6.45) is -45.0. The van der Waals surface area contributed by atoms with E-state index in [9.17, 15) is 58.2 Å². The van der Waals surface area contributed by atoms with E-state index in [0.29, 0.717) is 5.56 Å². The fourth-order valence-corrected chi connectivity index (χ4v) is 14.0. The highest BCUT2D eigenvalue weighted by Crippen LogP contribution is 2.42. The van der Waals surface area contributed by atoms with Gasteiger partial charge in [0.2, 0.25) is 0 Å². The third kappa shape index (κ3) is 26.4. The molecule has 4 heterocycles. The summed E-state index contributed by atoms with van der Waals surface area (Å²) in [6, 6.07) is 45.4. The Kier molecular flexibility index (Phi) is 35.5. The van der Waals surface area contributed by atoms with Crippen molar-refractivity contribution < 1.29 is 158 Å². The van der Waals surface area contributed by atoms with Gasteiger partial charge >= 0.3 is 59.8 Å². The number of benzene rings is 7. The predicted octanol–water partition coefficient (Wildman–Crippen LogP) is 7.66. The largest absolute Gasteiger partial charge is 0.467 e. The van der Waals surface area contributed by atoms with Crippen molar-refractivity contribution in [3.8, 4) is 0 Å². The Morgan fingerprint density at radius 2 is 0.682 bits per heavy atom. The van der Waals surface area contributed by atoms with Crippen LogP contribution in [-0.4, -0.2) is 258 Å². The van der Waals surface area contributed by atoms with E-state index in [0.717, 1.165) is 21.1 Å². The number of Topliss-reactive ketones (excluding diaryl/α,β-unsaturated/α-hetero) is 1. The van der Waals surface area contributed by atoms with Gasteiger partial charge in [0.15, 0.2) is 80.1 Å². The average molecular weight is 1910 g/mol. The summed E-state index contributed by atoms with van der Waals surface area (Å²) in [4.78, 5) is 189. The van der Waals surface area contributed by atoms with E-state index in [2.05, 4.69) is 16.0 Å². The molecule has 42 heteroatoms. The summed E-state index contributed by atoms with van der Waals surface area (Å²) >= 11 is 38.1. The third-order valence-corrected chi connectivity index (χ3v) is 20.9. The van der Waals surface area contributed by atoms with Gasteiger partial charge in [-0.15, -0.1) is 0 Å². The van der Waals surface area contributed by atoms with Crippen LogP contribution in [0.4, 0.5) is 4.79 Å². The molecule has 20 atom stereocenters. The van der Waals surface area contributed by atoms with Crippen LogP contribution in [0.1, 0.15) is 87.5 Å². The van der Waals surface area contributed by atoms with Crippen molar-refractivity contribution >= 4 is 147 Å². The van der Waals surface area contributed by atoms with Gasteiger partial charge in [0.25, 0.3) is 19.4 Å². The Balaban J connectivity index is 1.10. The van der Waals surface area contributed by atoms with E-state index in [4.69, 9.17) is 155 Å². The number of hydrogen-bond acceptors (Lipinski definition) is 33. The Morgan fingerprint density at radius 1 is 0.364 bits per heavy atom. The Bertz CT molecular complexity index is 5000. The maximum atomic E-state index is 15.4. The van der Waals surface area contributed by atoms with Crippen LogP contribution in [0.15, 0.2) is 212 Å². The van der Waals surface area contributed by atoms with Gasteiger partial charge in [0, 0.05) is 13.0 Å². The van der Waals surface area contributed by atoms with E-state index < -0.39 is 247 Å². The lowest BCUT2D eigenvalue weighted by molar-refractivity contribution is -0.367. The number of carbonyl (C=O) groups is 13. The van der Waals surface area contributed by atoms with Crippen LogP contribution in [0.3, 0.4) is 0 Å². The Labute approximate surface area is 764 Å². The number of aliphatic hydroxyl groups excluding tert-OH is 2. The van der Waals surface area contributed by atoms with Crippen LogP contribution in [0.25, 0.3) is 0 Å². The number of alkyl halides is 6. The third-order valence-electron chi connectivity index (χ3n) is 19.8. The molecule has 3 amide bonds. The van der Waals surface area contributed by atoms with E-state index >= 15 is 14.4 Å².